The fourth-order valence-corrected chi connectivity index (χ4v) is 4.11. The number of carbonyl (C=O) groups excluding carboxylic acids is 1. The molecule has 0 radical (unpaired) electrons. The first-order valence-electron chi connectivity index (χ1n) is 10.4. The van der Waals surface area contributed by atoms with E-state index in [9.17, 15) is 4.79 Å². The van der Waals surface area contributed by atoms with E-state index in [2.05, 4.69) is 58.4 Å². The Morgan fingerprint density at radius 2 is 1.39 bits per heavy atom. The predicted octanol–water partition coefficient (Wildman–Crippen LogP) is 3.63. The van der Waals surface area contributed by atoms with Crippen LogP contribution in [0.15, 0.2) is 48.5 Å². The van der Waals surface area contributed by atoms with Crippen molar-refractivity contribution >= 4 is 17.4 Å². The third-order valence-electron chi connectivity index (χ3n) is 5.94. The number of rotatable bonds is 4. The third-order valence-corrected chi connectivity index (χ3v) is 5.94. The molecule has 0 spiro atoms. The van der Waals surface area contributed by atoms with E-state index in [1.54, 1.807) is 0 Å². The van der Waals surface area contributed by atoms with Crippen LogP contribution < -0.4 is 15.1 Å². The molecular weight excluding hydrogens is 348 g/mol. The Morgan fingerprint density at radius 3 is 2.00 bits per heavy atom. The average Bonchev–Trinajstić information content (AvgIpc) is 3.28. The van der Waals surface area contributed by atoms with Gasteiger partial charge < -0.3 is 20.0 Å². The standard InChI is InChI=1S/C23H30N4O/c1-19-6-2-3-7-20(19)18-24-23(28)27-16-14-26(15-17-27)22-10-8-21(9-11-22)25-12-4-5-13-25/h2-3,6-11H,4-5,12-18H2,1H3,(H,24,28). The maximum absolute atomic E-state index is 12.5. The fraction of sp³-hybridized carbons (Fsp3) is 0.435. The van der Waals surface area contributed by atoms with E-state index in [4.69, 9.17) is 0 Å². The summed E-state index contributed by atoms with van der Waals surface area (Å²) in [5, 5.41) is 3.07. The molecule has 148 valence electrons. The van der Waals surface area contributed by atoms with Gasteiger partial charge in [0.05, 0.1) is 0 Å². The number of aryl methyl sites for hydroxylation is 1. The average molecular weight is 379 g/mol. The number of anilines is 2. The SMILES string of the molecule is Cc1ccccc1CNC(=O)N1CCN(c2ccc(N3CCCC3)cc2)CC1. The summed E-state index contributed by atoms with van der Waals surface area (Å²) in [6, 6.07) is 17.1. The van der Waals surface area contributed by atoms with Crippen LogP contribution in [0.2, 0.25) is 0 Å². The molecule has 2 aliphatic heterocycles. The minimum absolute atomic E-state index is 0.0345. The van der Waals surface area contributed by atoms with Crippen molar-refractivity contribution in [3.63, 3.8) is 0 Å². The Morgan fingerprint density at radius 1 is 0.821 bits per heavy atom. The molecule has 0 saturated carbocycles. The number of carbonyl (C=O) groups is 1. The van der Waals surface area contributed by atoms with Crippen LogP contribution in [0.25, 0.3) is 0 Å². The minimum atomic E-state index is 0.0345. The zero-order valence-corrected chi connectivity index (χ0v) is 16.7. The summed E-state index contributed by atoms with van der Waals surface area (Å²) in [4.78, 5) is 19.3. The van der Waals surface area contributed by atoms with Crippen LogP contribution in [0.4, 0.5) is 16.2 Å². The van der Waals surface area contributed by atoms with Gasteiger partial charge in [-0.3, -0.25) is 0 Å². The van der Waals surface area contributed by atoms with Gasteiger partial charge in [-0.05, 0) is 55.2 Å². The molecule has 2 amide bonds. The van der Waals surface area contributed by atoms with Crippen LogP contribution in [0, 0.1) is 6.92 Å². The predicted molar refractivity (Wildman–Crippen MR) is 115 cm³/mol. The second-order valence-electron chi connectivity index (χ2n) is 7.77. The van der Waals surface area contributed by atoms with Gasteiger partial charge in [-0.2, -0.15) is 0 Å². The van der Waals surface area contributed by atoms with E-state index in [0.29, 0.717) is 6.54 Å². The maximum atomic E-state index is 12.5. The summed E-state index contributed by atoms with van der Waals surface area (Å²) < 4.78 is 0. The van der Waals surface area contributed by atoms with Gasteiger partial charge in [-0.15, -0.1) is 0 Å². The third kappa shape index (κ3) is 4.24. The van der Waals surface area contributed by atoms with Gasteiger partial charge >= 0.3 is 6.03 Å². The number of nitrogens with zero attached hydrogens (tertiary/aromatic N) is 3. The first-order chi connectivity index (χ1) is 13.7. The fourth-order valence-electron chi connectivity index (χ4n) is 4.11. The smallest absolute Gasteiger partial charge is 0.317 e. The van der Waals surface area contributed by atoms with E-state index >= 15 is 0 Å². The van der Waals surface area contributed by atoms with Crippen molar-refractivity contribution in [3.05, 3.63) is 59.7 Å². The zero-order valence-electron chi connectivity index (χ0n) is 16.7. The van der Waals surface area contributed by atoms with E-state index in [1.807, 2.05) is 17.0 Å². The second kappa shape index (κ2) is 8.55. The first-order valence-corrected chi connectivity index (χ1v) is 10.4. The molecule has 1 N–H and O–H groups in total. The molecular formula is C23H30N4O. The summed E-state index contributed by atoms with van der Waals surface area (Å²) >= 11 is 0. The van der Waals surface area contributed by atoms with Crippen LogP contribution in [0.5, 0.6) is 0 Å². The van der Waals surface area contributed by atoms with Crippen molar-refractivity contribution in [2.24, 2.45) is 0 Å². The van der Waals surface area contributed by atoms with Gasteiger partial charge in [0.25, 0.3) is 0 Å². The summed E-state index contributed by atoms with van der Waals surface area (Å²) in [6.45, 7) is 8.28. The van der Waals surface area contributed by atoms with E-state index in [-0.39, 0.29) is 6.03 Å². The first kappa shape index (κ1) is 18.7. The van der Waals surface area contributed by atoms with Crippen molar-refractivity contribution in [2.45, 2.75) is 26.3 Å². The van der Waals surface area contributed by atoms with E-state index in [0.717, 1.165) is 26.2 Å². The van der Waals surface area contributed by atoms with E-state index in [1.165, 1.54) is 48.4 Å². The molecule has 2 heterocycles. The van der Waals surface area contributed by atoms with Crippen LogP contribution in [0.3, 0.4) is 0 Å². The lowest BCUT2D eigenvalue weighted by Crippen LogP contribution is -2.51. The van der Waals surface area contributed by atoms with Crippen LogP contribution in [-0.4, -0.2) is 50.2 Å². The van der Waals surface area contributed by atoms with Gasteiger partial charge in [0, 0.05) is 57.2 Å². The van der Waals surface area contributed by atoms with Crippen LogP contribution >= 0.6 is 0 Å². The lowest BCUT2D eigenvalue weighted by atomic mass is 10.1. The Bertz CT molecular complexity index is 791. The van der Waals surface area contributed by atoms with Gasteiger partial charge in [0.1, 0.15) is 0 Å². The van der Waals surface area contributed by atoms with Crippen molar-refractivity contribution in [3.8, 4) is 0 Å². The van der Waals surface area contributed by atoms with Crippen molar-refractivity contribution in [1.82, 2.24) is 10.2 Å². The Kier molecular flexibility index (Phi) is 5.70. The number of amides is 2. The van der Waals surface area contributed by atoms with Crippen molar-refractivity contribution in [1.29, 1.82) is 0 Å². The molecule has 2 aromatic carbocycles. The number of benzene rings is 2. The molecule has 0 aliphatic carbocycles. The Hall–Kier alpha value is -2.69. The molecule has 4 rings (SSSR count). The highest BCUT2D eigenvalue weighted by atomic mass is 16.2. The second-order valence-corrected chi connectivity index (χ2v) is 7.77. The Balaban J connectivity index is 1.27. The summed E-state index contributed by atoms with van der Waals surface area (Å²) in [6.07, 6.45) is 2.60. The maximum Gasteiger partial charge on any atom is 0.317 e. The number of urea groups is 1. The molecule has 0 unspecified atom stereocenters. The lowest BCUT2D eigenvalue weighted by molar-refractivity contribution is 0.194. The van der Waals surface area contributed by atoms with Crippen LogP contribution in [0.1, 0.15) is 24.0 Å². The van der Waals surface area contributed by atoms with Gasteiger partial charge in [0.15, 0.2) is 0 Å². The highest BCUT2D eigenvalue weighted by Crippen LogP contribution is 2.24. The van der Waals surface area contributed by atoms with Crippen LogP contribution in [-0.2, 0) is 6.54 Å². The highest BCUT2D eigenvalue weighted by Gasteiger charge is 2.21. The quantitative estimate of drug-likeness (QED) is 0.883. The van der Waals surface area contributed by atoms with Crippen molar-refractivity contribution in [2.75, 3.05) is 49.1 Å². The lowest BCUT2D eigenvalue weighted by Gasteiger charge is -2.36. The molecule has 0 bridgehead atoms. The summed E-state index contributed by atoms with van der Waals surface area (Å²) in [7, 11) is 0. The molecule has 2 aromatic rings. The summed E-state index contributed by atoms with van der Waals surface area (Å²) in [5.74, 6) is 0. The largest absolute Gasteiger partial charge is 0.372 e. The number of hydrogen-bond donors (Lipinski definition) is 1. The number of nitrogens with one attached hydrogen (secondary N) is 1. The minimum Gasteiger partial charge on any atom is -0.372 e. The molecule has 5 nitrogen and oxygen atoms in total. The van der Waals surface area contributed by atoms with Crippen molar-refractivity contribution < 1.29 is 4.79 Å². The molecule has 2 fully saturated rings. The molecule has 2 aliphatic rings. The van der Waals surface area contributed by atoms with Gasteiger partial charge in [-0.25, -0.2) is 4.79 Å². The van der Waals surface area contributed by atoms with Gasteiger partial charge in [0.2, 0.25) is 0 Å². The van der Waals surface area contributed by atoms with Gasteiger partial charge in [-0.1, -0.05) is 24.3 Å². The highest BCUT2D eigenvalue weighted by molar-refractivity contribution is 5.74. The molecule has 2 saturated heterocycles. The number of piperazine rings is 1. The zero-order chi connectivity index (χ0) is 19.3. The Labute approximate surface area is 167 Å². The summed E-state index contributed by atoms with van der Waals surface area (Å²) in [5.41, 5.74) is 4.97. The monoisotopic (exact) mass is 378 g/mol. The topological polar surface area (TPSA) is 38.8 Å². The number of hydrogen-bond acceptors (Lipinski definition) is 3. The molecule has 5 heteroatoms. The normalized spacial score (nSPS) is 17.1. The molecule has 0 aromatic heterocycles. The molecule has 28 heavy (non-hydrogen) atoms. The molecule has 0 atom stereocenters. The van der Waals surface area contributed by atoms with E-state index < -0.39 is 0 Å².